The third-order valence-corrected chi connectivity index (χ3v) is 2.44. The number of anilines is 1. The lowest BCUT2D eigenvalue weighted by atomic mass is 10.1. The van der Waals surface area contributed by atoms with E-state index in [1.54, 1.807) is 6.33 Å². The average Bonchev–Trinajstić information content (AvgIpc) is 2.61. The summed E-state index contributed by atoms with van der Waals surface area (Å²) >= 11 is 0. The van der Waals surface area contributed by atoms with Gasteiger partial charge in [-0.15, -0.1) is 0 Å². The van der Waals surface area contributed by atoms with Crippen molar-refractivity contribution in [3.63, 3.8) is 0 Å². The molecular formula is C8H15N5. The van der Waals surface area contributed by atoms with E-state index in [1.165, 1.54) is 0 Å². The van der Waals surface area contributed by atoms with Crippen LogP contribution in [0.1, 0.15) is 13.8 Å². The number of hydrogen-bond acceptors (Lipinski definition) is 4. The van der Waals surface area contributed by atoms with Gasteiger partial charge < -0.3 is 10.2 Å². The van der Waals surface area contributed by atoms with Gasteiger partial charge in [0, 0.05) is 25.2 Å². The first-order valence-electron chi connectivity index (χ1n) is 4.63. The van der Waals surface area contributed by atoms with Gasteiger partial charge in [-0.25, -0.2) is 5.10 Å². The lowest BCUT2D eigenvalue weighted by molar-refractivity contribution is 0.420. The number of H-pyrrole nitrogens is 1. The van der Waals surface area contributed by atoms with Crippen molar-refractivity contribution < 1.29 is 0 Å². The van der Waals surface area contributed by atoms with Crippen molar-refractivity contribution in [1.82, 2.24) is 20.5 Å². The Morgan fingerprint density at radius 2 is 2.38 bits per heavy atom. The lowest BCUT2D eigenvalue weighted by Gasteiger charge is -2.37. The van der Waals surface area contributed by atoms with E-state index in [1.807, 2.05) is 0 Å². The number of rotatable bonds is 1. The first-order chi connectivity index (χ1) is 6.27. The van der Waals surface area contributed by atoms with Gasteiger partial charge in [0.05, 0.1) is 0 Å². The molecule has 0 aliphatic carbocycles. The number of aromatic amines is 1. The molecule has 2 atom stereocenters. The van der Waals surface area contributed by atoms with Crippen molar-refractivity contribution in [2.24, 2.45) is 0 Å². The van der Waals surface area contributed by atoms with Crippen LogP contribution in [0.4, 0.5) is 5.95 Å². The number of aromatic nitrogens is 3. The molecule has 1 aliphatic rings. The van der Waals surface area contributed by atoms with E-state index < -0.39 is 0 Å². The molecule has 2 heterocycles. The summed E-state index contributed by atoms with van der Waals surface area (Å²) in [5, 5.41) is 10.2. The minimum atomic E-state index is 0.476. The van der Waals surface area contributed by atoms with Crippen molar-refractivity contribution in [2.75, 3.05) is 18.0 Å². The molecule has 5 heteroatoms. The largest absolute Gasteiger partial charge is 0.336 e. The molecule has 2 N–H and O–H groups in total. The Kier molecular flexibility index (Phi) is 2.18. The molecule has 0 amide bonds. The second-order valence-corrected chi connectivity index (χ2v) is 3.62. The van der Waals surface area contributed by atoms with Gasteiger partial charge in [0.25, 0.3) is 0 Å². The number of hydrogen-bond donors (Lipinski definition) is 2. The van der Waals surface area contributed by atoms with Crippen molar-refractivity contribution in [2.45, 2.75) is 25.9 Å². The number of piperazine rings is 1. The molecule has 2 rings (SSSR count). The molecule has 5 nitrogen and oxygen atoms in total. The van der Waals surface area contributed by atoms with Crippen LogP contribution >= 0.6 is 0 Å². The van der Waals surface area contributed by atoms with Crippen LogP contribution in [0.15, 0.2) is 6.33 Å². The smallest absolute Gasteiger partial charge is 0.221 e. The van der Waals surface area contributed by atoms with Gasteiger partial charge in [-0.2, -0.15) is 10.1 Å². The zero-order chi connectivity index (χ0) is 9.26. The topological polar surface area (TPSA) is 56.8 Å². The Morgan fingerprint density at radius 1 is 1.54 bits per heavy atom. The Labute approximate surface area is 77.5 Å². The summed E-state index contributed by atoms with van der Waals surface area (Å²) in [6, 6.07) is 0.991. The van der Waals surface area contributed by atoms with Crippen LogP contribution in [-0.2, 0) is 0 Å². The van der Waals surface area contributed by atoms with Crippen molar-refractivity contribution in [3.8, 4) is 0 Å². The van der Waals surface area contributed by atoms with Crippen LogP contribution in [-0.4, -0.2) is 40.4 Å². The maximum Gasteiger partial charge on any atom is 0.221 e. The van der Waals surface area contributed by atoms with E-state index in [0.717, 1.165) is 19.0 Å². The number of nitrogens with one attached hydrogen (secondary N) is 2. The summed E-state index contributed by atoms with van der Waals surface area (Å²) in [5.41, 5.74) is 0. The quantitative estimate of drug-likeness (QED) is 0.640. The molecule has 0 bridgehead atoms. The molecule has 2 unspecified atom stereocenters. The van der Waals surface area contributed by atoms with Crippen molar-refractivity contribution in [1.29, 1.82) is 0 Å². The molecule has 1 aromatic rings. The van der Waals surface area contributed by atoms with Crippen molar-refractivity contribution >= 4 is 5.95 Å². The van der Waals surface area contributed by atoms with Crippen LogP contribution in [0.2, 0.25) is 0 Å². The summed E-state index contributed by atoms with van der Waals surface area (Å²) < 4.78 is 0. The zero-order valence-corrected chi connectivity index (χ0v) is 7.99. The molecular weight excluding hydrogens is 166 g/mol. The van der Waals surface area contributed by atoms with E-state index in [9.17, 15) is 0 Å². The van der Waals surface area contributed by atoms with E-state index in [-0.39, 0.29) is 0 Å². The standard InChI is InChI=1S/C8H15N5/c1-6-4-13(7(2)3-9-6)8-10-5-11-12-8/h5-7,9H,3-4H2,1-2H3,(H,10,11,12). The first kappa shape index (κ1) is 8.50. The average molecular weight is 181 g/mol. The van der Waals surface area contributed by atoms with Crippen LogP contribution in [0.25, 0.3) is 0 Å². The highest BCUT2D eigenvalue weighted by Crippen LogP contribution is 2.13. The summed E-state index contributed by atoms with van der Waals surface area (Å²) in [6.45, 7) is 6.34. The molecule has 13 heavy (non-hydrogen) atoms. The molecule has 0 aromatic carbocycles. The van der Waals surface area contributed by atoms with E-state index >= 15 is 0 Å². The van der Waals surface area contributed by atoms with Gasteiger partial charge >= 0.3 is 0 Å². The first-order valence-corrected chi connectivity index (χ1v) is 4.63. The Hall–Kier alpha value is -1.10. The summed E-state index contributed by atoms with van der Waals surface area (Å²) in [6.07, 6.45) is 1.55. The van der Waals surface area contributed by atoms with Gasteiger partial charge in [-0.05, 0) is 13.8 Å². The van der Waals surface area contributed by atoms with Crippen LogP contribution in [0.5, 0.6) is 0 Å². The van der Waals surface area contributed by atoms with Crippen LogP contribution in [0, 0.1) is 0 Å². The second kappa shape index (κ2) is 3.33. The van der Waals surface area contributed by atoms with Gasteiger partial charge in [-0.3, -0.25) is 0 Å². The normalized spacial score (nSPS) is 29.2. The van der Waals surface area contributed by atoms with E-state index in [0.29, 0.717) is 12.1 Å². The highest BCUT2D eigenvalue weighted by molar-refractivity contribution is 5.30. The highest BCUT2D eigenvalue weighted by atomic mass is 15.4. The van der Waals surface area contributed by atoms with Gasteiger partial charge in [-0.1, -0.05) is 0 Å². The van der Waals surface area contributed by atoms with E-state index in [4.69, 9.17) is 0 Å². The molecule has 1 fully saturated rings. The van der Waals surface area contributed by atoms with Gasteiger partial charge in [0.1, 0.15) is 6.33 Å². The van der Waals surface area contributed by atoms with Gasteiger partial charge in [0.2, 0.25) is 5.95 Å². The molecule has 0 radical (unpaired) electrons. The molecule has 1 aromatic heterocycles. The molecule has 0 spiro atoms. The highest BCUT2D eigenvalue weighted by Gasteiger charge is 2.23. The Balaban J connectivity index is 2.12. The van der Waals surface area contributed by atoms with Crippen LogP contribution in [0.3, 0.4) is 0 Å². The zero-order valence-electron chi connectivity index (χ0n) is 7.99. The second-order valence-electron chi connectivity index (χ2n) is 3.62. The fourth-order valence-corrected chi connectivity index (χ4v) is 1.65. The maximum atomic E-state index is 4.16. The molecule has 72 valence electrons. The minimum absolute atomic E-state index is 0.476. The predicted octanol–water partition coefficient (Wildman–Crippen LogP) is -0.00870. The Morgan fingerprint density at radius 3 is 3.08 bits per heavy atom. The van der Waals surface area contributed by atoms with Gasteiger partial charge in [0.15, 0.2) is 0 Å². The lowest BCUT2D eigenvalue weighted by Crippen LogP contribution is -2.54. The maximum absolute atomic E-state index is 4.16. The number of nitrogens with zero attached hydrogens (tertiary/aromatic N) is 3. The minimum Gasteiger partial charge on any atom is -0.336 e. The predicted molar refractivity (Wildman–Crippen MR) is 50.7 cm³/mol. The van der Waals surface area contributed by atoms with Crippen LogP contribution < -0.4 is 10.2 Å². The summed E-state index contributed by atoms with van der Waals surface area (Å²) in [7, 11) is 0. The molecule has 0 saturated carbocycles. The third kappa shape index (κ3) is 1.65. The molecule has 1 aliphatic heterocycles. The fraction of sp³-hybridized carbons (Fsp3) is 0.750. The Bertz CT molecular complexity index is 258. The SMILES string of the molecule is CC1CN(c2ncn[nH]2)C(C)CN1. The summed E-state index contributed by atoms with van der Waals surface area (Å²) in [4.78, 5) is 6.40. The van der Waals surface area contributed by atoms with Crippen molar-refractivity contribution in [3.05, 3.63) is 6.33 Å². The fourth-order valence-electron chi connectivity index (χ4n) is 1.65. The summed E-state index contributed by atoms with van der Waals surface area (Å²) in [5.74, 6) is 0.876. The monoisotopic (exact) mass is 181 g/mol. The third-order valence-electron chi connectivity index (χ3n) is 2.44. The van der Waals surface area contributed by atoms with E-state index in [2.05, 4.69) is 39.2 Å². The molecule has 1 saturated heterocycles.